The smallest absolute Gasteiger partial charge is 0.305 e. The molecule has 1 aromatic heterocycles. The fourth-order valence-corrected chi connectivity index (χ4v) is 2.55. The van der Waals surface area contributed by atoms with Gasteiger partial charge in [0.05, 0.1) is 11.2 Å². The molecule has 1 aromatic carbocycles. The van der Waals surface area contributed by atoms with Crippen LogP contribution in [0.15, 0.2) is 16.9 Å². The second kappa shape index (κ2) is 5.11. The second-order valence-electron chi connectivity index (χ2n) is 3.58. The van der Waals surface area contributed by atoms with Crippen molar-refractivity contribution in [2.75, 3.05) is 13.1 Å². The maximum Gasteiger partial charge on any atom is 0.305 e. The Balaban J connectivity index is 2.25. The molecule has 0 aliphatic heterocycles. The summed E-state index contributed by atoms with van der Waals surface area (Å²) in [5.41, 5.74) is 1.48. The van der Waals surface area contributed by atoms with Crippen LogP contribution in [0.2, 0.25) is 0 Å². The highest BCUT2D eigenvalue weighted by molar-refractivity contribution is 7.16. The SMILES string of the molecule is O=CCNCCc1ccc(O)c2[nH]c(=O)sc12. The number of aromatic hydroxyl groups is 1. The van der Waals surface area contributed by atoms with Gasteiger partial charge in [-0.05, 0) is 24.6 Å². The number of aromatic nitrogens is 1. The number of benzene rings is 1. The average molecular weight is 252 g/mol. The number of H-pyrrole nitrogens is 1. The number of hydrogen-bond acceptors (Lipinski definition) is 5. The molecule has 0 atom stereocenters. The Kier molecular flexibility index (Phi) is 3.55. The molecule has 6 heteroatoms. The van der Waals surface area contributed by atoms with E-state index in [-0.39, 0.29) is 10.6 Å². The molecule has 90 valence electrons. The molecule has 0 fully saturated rings. The van der Waals surface area contributed by atoms with Gasteiger partial charge in [0, 0.05) is 0 Å². The number of carbonyl (C=O) groups is 1. The van der Waals surface area contributed by atoms with E-state index in [0.29, 0.717) is 25.0 Å². The van der Waals surface area contributed by atoms with Gasteiger partial charge in [0.25, 0.3) is 0 Å². The summed E-state index contributed by atoms with van der Waals surface area (Å²) >= 11 is 1.09. The Hall–Kier alpha value is -1.66. The number of hydrogen-bond donors (Lipinski definition) is 3. The summed E-state index contributed by atoms with van der Waals surface area (Å²) in [4.78, 5) is 23.8. The molecule has 0 saturated carbocycles. The zero-order valence-electron chi connectivity index (χ0n) is 9.03. The predicted octanol–water partition coefficient (Wildman–Crippen LogP) is 0.626. The van der Waals surface area contributed by atoms with E-state index in [2.05, 4.69) is 10.3 Å². The number of phenolic OH excluding ortho intramolecular Hbond substituents is 1. The lowest BCUT2D eigenvalue weighted by molar-refractivity contribution is -0.107. The Labute approximate surface area is 101 Å². The highest BCUT2D eigenvalue weighted by Gasteiger charge is 2.08. The summed E-state index contributed by atoms with van der Waals surface area (Å²) in [6, 6.07) is 3.37. The average Bonchev–Trinajstić information content (AvgIpc) is 2.70. The van der Waals surface area contributed by atoms with Gasteiger partial charge >= 0.3 is 4.87 Å². The first-order valence-corrected chi connectivity index (χ1v) is 6.02. The molecule has 0 aliphatic carbocycles. The van der Waals surface area contributed by atoms with Crippen molar-refractivity contribution in [3.63, 3.8) is 0 Å². The van der Waals surface area contributed by atoms with Crippen LogP contribution in [0.1, 0.15) is 5.56 Å². The van der Waals surface area contributed by atoms with E-state index in [0.717, 1.165) is 27.9 Å². The zero-order chi connectivity index (χ0) is 12.3. The van der Waals surface area contributed by atoms with Crippen LogP contribution < -0.4 is 10.2 Å². The highest BCUT2D eigenvalue weighted by Crippen LogP contribution is 2.27. The molecule has 0 aliphatic rings. The molecule has 0 amide bonds. The minimum atomic E-state index is -0.177. The summed E-state index contributed by atoms with van der Waals surface area (Å²) in [5, 5.41) is 12.5. The van der Waals surface area contributed by atoms with Crippen LogP contribution in [0.4, 0.5) is 0 Å². The van der Waals surface area contributed by atoms with E-state index in [1.54, 1.807) is 12.1 Å². The third-order valence-corrected chi connectivity index (χ3v) is 3.40. The highest BCUT2D eigenvalue weighted by atomic mass is 32.1. The Morgan fingerprint density at radius 3 is 3.06 bits per heavy atom. The maximum atomic E-state index is 11.3. The van der Waals surface area contributed by atoms with Gasteiger partial charge in [-0.2, -0.15) is 0 Å². The molecular formula is C11H12N2O3S. The Morgan fingerprint density at radius 1 is 1.47 bits per heavy atom. The third-order valence-electron chi connectivity index (χ3n) is 2.44. The van der Waals surface area contributed by atoms with E-state index in [1.807, 2.05) is 0 Å². The van der Waals surface area contributed by atoms with Gasteiger partial charge in [-0.15, -0.1) is 0 Å². The van der Waals surface area contributed by atoms with E-state index >= 15 is 0 Å². The van der Waals surface area contributed by atoms with Crippen molar-refractivity contribution < 1.29 is 9.90 Å². The fourth-order valence-electron chi connectivity index (χ4n) is 1.65. The standard InChI is InChI=1S/C11H12N2O3S/c14-6-5-12-4-3-7-1-2-8(15)9-10(7)17-11(16)13-9/h1-2,6,12,15H,3-5H2,(H,13,16). The maximum absolute atomic E-state index is 11.3. The van der Waals surface area contributed by atoms with Crippen LogP contribution >= 0.6 is 11.3 Å². The van der Waals surface area contributed by atoms with Crippen molar-refractivity contribution in [1.82, 2.24) is 10.3 Å². The Morgan fingerprint density at radius 2 is 2.29 bits per heavy atom. The van der Waals surface area contributed by atoms with E-state index in [1.165, 1.54) is 0 Å². The van der Waals surface area contributed by atoms with E-state index < -0.39 is 0 Å². The van der Waals surface area contributed by atoms with Gasteiger partial charge in [-0.25, -0.2) is 0 Å². The first-order valence-electron chi connectivity index (χ1n) is 5.20. The number of nitrogens with one attached hydrogen (secondary N) is 2. The van der Waals surface area contributed by atoms with E-state index in [4.69, 9.17) is 0 Å². The fraction of sp³-hybridized carbons (Fsp3) is 0.273. The van der Waals surface area contributed by atoms with Gasteiger partial charge in [-0.1, -0.05) is 17.4 Å². The topological polar surface area (TPSA) is 82.2 Å². The zero-order valence-corrected chi connectivity index (χ0v) is 9.84. The summed E-state index contributed by atoms with van der Waals surface area (Å²) in [7, 11) is 0. The summed E-state index contributed by atoms with van der Waals surface area (Å²) in [6.07, 6.45) is 1.51. The molecule has 0 unspecified atom stereocenters. The molecule has 5 nitrogen and oxygen atoms in total. The predicted molar refractivity (Wildman–Crippen MR) is 66.7 cm³/mol. The van der Waals surface area contributed by atoms with Crippen molar-refractivity contribution in [3.8, 4) is 5.75 Å². The van der Waals surface area contributed by atoms with Crippen molar-refractivity contribution in [2.45, 2.75) is 6.42 Å². The number of rotatable bonds is 5. The summed E-state index contributed by atoms with van der Waals surface area (Å²) < 4.78 is 0.780. The largest absolute Gasteiger partial charge is 0.506 e. The number of aldehydes is 1. The molecule has 0 spiro atoms. The van der Waals surface area contributed by atoms with Gasteiger partial charge < -0.3 is 20.2 Å². The molecule has 0 saturated heterocycles. The lowest BCUT2D eigenvalue weighted by Gasteiger charge is -2.04. The number of aromatic amines is 1. The normalized spacial score (nSPS) is 10.8. The lowest BCUT2D eigenvalue weighted by atomic mass is 10.1. The number of fused-ring (bicyclic) bond motifs is 1. The molecule has 0 radical (unpaired) electrons. The van der Waals surface area contributed by atoms with Crippen LogP contribution in [-0.4, -0.2) is 29.5 Å². The molecule has 17 heavy (non-hydrogen) atoms. The summed E-state index contributed by atoms with van der Waals surface area (Å²) in [5.74, 6) is 0.0861. The molecule has 1 heterocycles. The second-order valence-corrected chi connectivity index (χ2v) is 4.57. The number of phenols is 1. The van der Waals surface area contributed by atoms with E-state index in [9.17, 15) is 14.7 Å². The van der Waals surface area contributed by atoms with Crippen LogP contribution in [0.25, 0.3) is 10.2 Å². The van der Waals surface area contributed by atoms with Crippen LogP contribution in [0, 0.1) is 0 Å². The minimum Gasteiger partial charge on any atom is -0.506 e. The van der Waals surface area contributed by atoms with Crippen LogP contribution in [0.3, 0.4) is 0 Å². The van der Waals surface area contributed by atoms with Gasteiger partial charge in [-0.3, -0.25) is 4.79 Å². The van der Waals surface area contributed by atoms with Crippen LogP contribution in [-0.2, 0) is 11.2 Å². The van der Waals surface area contributed by atoms with Crippen molar-refractivity contribution >= 4 is 27.8 Å². The van der Waals surface area contributed by atoms with Crippen molar-refractivity contribution in [1.29, 1.82) is 0 Å². The third kappa shape index (κ3) is 2.54. The molecule has 3 N–H and O–H groups in total. The Bertz CT molecular complexity index is 588. The molecule has 2 rings (SSSR count). The molecule has 0 bridgehead atoms. The molecule has 2 aromatic rings. The van der Waals surface area contributed by atoms with Gasteiger partial charge in [0.2, 0.25) is 0 Å². The minimum absolute atomic E-state index is 0.0861. The van der Waals surface area contributed by atoms with Crippen molar-refractivity contribution in [2.24, 2.45) is 0 Å². The van der Waals surface area contributed by atoms with Crippen molar-refractivity contribution in [3.05, 3.63) is 27.4 Å². The first kappa shape index (κ1) is 11.8. The van der Waals surface area contributed by atoms with Gasteiger partial charge in [0.15, 0.2) is 0 Å². The summed E-state index contributed by atoms with van der Waals surface area (Å²) in [6.45, 7) is 0.981. The number of carbonyl (C=O) groups excluding carboxylic acids is 1. The van der Waals surface area contributed by atoms with Gasteiger partial charge in [0.1, 0.15) is 17.6 Å². The first-order chi connectivity index (χ1) is 8.22. The molecular weight excluding hydrogens is 240 g/mol. The monoisotopic (exact) mass is 252 g/mol. The van der Waals surface area contributed by atoms with Crippen LogP contribution in [0.5, 0.6) is 5.75 Å². The quantitative estimate of drug-likeness (QED) is 0.538. The number of thiazole rings is 1. The lowest BCUT2D eigenvalue weighted by Crippen LogP contribution is -2.19.